The highest BCUT2D eigenvalue weighted by molar-refractivity contribution is 6.35. The third-order valence-corrected chi connectivity index (χ3v) is 6.15. The Labute approximate surface area is 177 Å². The number of rotatable bonds is 6. The van der Waals surface area contributed by atoms with E-state index in [2.05, 4.69) is 5.32 Å². The maximum absolute atomic E-state index is 13.1. The number of amides is 3. The minimum absolute atomic E-state index is 0.150. The van der Waals surface area contributed by atoms with E-state index in [4.69, 9.17) is 0 Å². The van der Waals surface area contributed by atoms with Gasteiger partial charge in [-0.3, -0.25) is 14.4 Å². The summed E-state index contributed by atoms with van der Waals surface area (Å²) in [6, 6.07) is 5.42. The first kappa shape index (κ1) is 22.2. The van der Waals surface area contributed by atoms with Gasteiger partial charge in [-0.1, -0.05) is 51.2 Å². The second-order valence-electron chi connectivity index (χ2n) is 8.33. The lowest BCUT2D eigenvalue weighted by Gasteiger charge is -2.38. The average Bonchev–Trinajstić information content (AvgIpc) is 2.71. The summed E-state index contributed by atoms with van der Waals surface area (Å²) in [5.74, 6) is -1.74. The van der Waals surface area contributed by atoms with Crippen LogP contribution in [0.1, 0.15) is 63.9 Å². The number of benzene rings is 1. The summed E-state index contributed by atoms with van der Waals surface area (Å²) in [6.07, 6.45) is 8.30. The highest BCUT2D eigenvalue weighted by atomic mass is 19.1. The van der Waals surface area contributed by atoms with Crippen LogP contribution in [0.25, 0.3) is 0 Å². The van der Waals surface area contributed by atoms with Gasteiger partial charge in [0, 0.05) is 25.7 Å². The number of piperazine rings is 1. The minimum atomic E-state index is -0.636. The maximum Gasteiger partial charge on any atom is 0.312 e. The predicted octanol–water partition coefficient (Wildman–Crippen LogP) is 3.00. The van der Waals surface area contributed by atoms with Gasteiger partial charge in [0.2, 0.25) is 5.91 Å². The zero-order chi connectivity index (χ0) is 21.5. The van der Waals surface area contributed by atoms with E-state index in [0.717, 1.165) is 31.2 Å². The van der Waals surface area contributed by atoms with Crippen LogP contribution in [0.5, 0.6) is 0 Å². The molecule has 1 saturated heterocycles. The van der Waals surface area contributed by atoms with Crippen molar-refractivity contribution in [2.24, 2.45) is 0 Å². The van der Waals surface area contributed by atoms with Gasteiger partial charge in [-0.25, -0.2) is 4.39 Å². The van der Waals surface area contributed by atoms with Crippen molar-refractivity contribution in [3.8, 4) is 0 Å². The molecule has 1 aliphatic carbocycles. The van der Waals surface area contributed by atoms with Gasteiger partial charge in [-0.05, 0) is 37.0 Å². The first-order valence-corrected chi connectivity index (χ1v) is 11.1. The smallest absolute Gasteiger partial charge is 0.312 e. The molecule has 0 spiro atoms. The van der Waals surface area contributed by atoms with Crippen molar-refractivity contribution in [3.05, 3.63) is 35.6 Å². The topological polar surface area (TPSA) is 69.7 Å². The van der Waals surface area contributed by atoms with Gasteiger partial charge in [0.25, 0.3) is 0 Å². The Morgan fingerprint density at radius 1 is 1.03 bits per heavy atom. The molecule has 164 valence electrons. The van der Waals surface area contributed by atoms with E-state index in [1.807, 2.05) is 6.92 Å². The third kappa shape index (κ3) is 5.58. The molecule has 1 aliphatic heterocycles. The van der Waals surface area contributed by atoms with Crippen LogP contribution < -0.4 is 5.32 Å². The summed E-state index contributed by atoms with van der Waals surface area (Å²) in [5, 5.41) is 3.13. The van der Waals surface area contributed by atoms with E-state index in [1.54, 1.807) is 12.1 Å². The van der Waals surface area contributed by atoms with Gasteiger partial charge >= 0.3 is 11.8 Å². The lowest BCUT2D eigenvalue weighted by atomic mass is 9.96. The van der Waals surface area contributed by atoms with E-state index in [0.29, 0.717) is 19.5 Å². The molecule has 1 aromatic rings. The molecule has 1 atom stereocenters. The van der Waals surface area contributed by atoms with E-state index in [1.165, 1.54) is 41.2 Å². The van der Waals surface area contributed by atoms with Crippen molar-refractivity contribution in [1.29, 1.82) is 0 Å². The van der Waals surface area contributed by atoms with Crippen molar-refractivity contribution in [3.63, 3.8) is 0 Å². The Balaban J connectivity index is 1.60. The predicted molar refractivity (Wildman–Crippen MR) is 112 cm³/mol. The number of halogens is 1. The van der Waals surface area contributed by atoms with Crippen LogP contribution in [0.2, 0.25) is 0 Å². The zero-order valence-corrected chi connectivity index (χ0v) is 17.7. The van der Waals surface area contributed by atoms with Crippen LogP contribution in [-0.4, -0.2) is 52.7 Å². The quantitative estimate of drug-likeness (QED) is 0.724. The maximum atomic E-state index is 13.1. The fourth-order valence-electron chi connectivity index (χ4n) is 4.39. The molecule has 0 aromatic heterocycles. The highest BCUT2D eigenvalue weighted by Gasteiger charge is 2.38. The highest BCUT2D eigenvalue weighted by Crippen LogP contribution is 2.19. The van der Waals surface area contributed by atoms with Crippen LogP contribution in [0, 0.1) is 5.82 Å². The van der Waals surface area contributed by atoms with Crippen LogP contribution in [0.4, 0.5) is 4.39 Å². The Kier molecular flexibility index (Phi) is 7.82. The van der Waals surface area contributed by atoms with Gasteiger partial charge in [0.1, 0.15) is 11.9 Å². The fourth-order valence-corrected chi connectivity index (χ4v) is 4.39. The number of hydrogen-bond donors (Lipinski definition) is 1. The van der Waals surface area contributed by atoms with Crippen molar-refractivity contribution in [2.45, 2.75) is 76.9 Å². The lowest BCUT2D eigenvalue weighted by molar-refractivity contribution is -0.160. The van der Waals surface area contributed by atoms with Crippen molar-refractivity contribution in [2.75, 3.05) is 13.1 Å². The van der Waals surface area contributed by atoms with Gasteiger partial charge < -0.3 is 15.1 Å². The minimum Gasteiger partial charge on any atom is -0.352 e. The summed E-state index contributed by atoms with van der Waals surface area (Å²) < 4.78 is 13.1. The molecular weight excluding hydrogens is 385 g/mol. The molecule has 6 nitrogen and oxygen atoms in total. The number of carbonyl (C=O) groups excluding carboxylic acids is 3. The van der Waals surface area contributed by atoms with Crippen LogP contribution in [0.3, 0.4) is 0 Å². The molecule has 3 amide bonds. The molecular formula is C23H32FN3O3. The van der Waals surface area contributed by atoms with Crippen LogP contribution >= 0.6 is 0 Å². The van der Waals surface area contributed by atoms with Gasteiger partial charge in [-0.2, -0.15) is 0 Å². The zero-order valence-electron chi connectivity index (χ0n) is 17.7. The molecule has 2 fully saturated rings. The number of nitrogens with one attached hydrogen (secondary N) is 1. The summed E-state index contributed by atoms with van der Waals surface area (Å²) in [5.41, 5.74) is 0.764. The third-order valence-electron chi connectivity index (χ3n) is 6.15. The van der Waals surface area contributed by atoms with Gasteiger partial charge in [-0.15, -0.1) is 0 Å². The Bertz CT molecular complexity index is 745. The SMILES string of the molecule is CC[C@H](C(=O)NC1CCCCCCC1)N1CCN(Cc2ccc(F)cc2)C(=O)C1=O. The number of carbonyl (C=O) groups is 3. The van der Waals surface area contributed by atoms with Gasteiger partial charge in [0.15, 0.2) is 0 Å². The van der Waals surface area contributed by atoms with E-state index < -0.39 is 17.9 Å². The Morgan fingerprint density at radius 3 is 2.30 bits per heavy atom. The first-order chi connectivity index (χ1) is 14.5. The first-order valence-electron chi connectivity index (χ1n) is 11.1. The molecule has 1 heterocycles. The number of nitrogens with zero attached hydrogens (tertiary/aromatic N) is 2. The Hall–Kier alpha value is -2.44. The molecule has 1 aromatic carbocycles. The van der Waals surface area contributed by atoms with Gasteiger partial charge in [0.05, 0.1) is 0 Å². The molecule has 2 aliphatic rings. The van der Waals surface area contributed by atoms with E-state index in [9.17, 15) is 18.8 Å². The summed E-state index contributed by atoms with van der Waals surface area (Å²) >= 11 is 0. The van der Waals surface area contributed by atoms with E-state index >= 15 is 0 Å². The second kappa shape index (κ2) is 10.5. The fraction of sp³-hybridized carbons (Fsp3) is 0.609. The molecule has 0 bridgehead atoms. The second-order valence-corrected chi connectivity index (χ2v) is 8.33. The molecule has 7 heteroatoms. The molecule has 30 heavy (non-hydrogen) atoms. The molecule has 3 rings (SSSR count). The van der Waals surface area contributed by atoms with E-state index in [-0.39, 0.29) is 24.3 Å². The van der Waals surface area contributed by atoms with Crippen molar-refractivity contribution >= 4 is 17.7 Å². The average molecular weight is 418 g/mol. The largest absolute Gasteiger partial charge is 0.352 e. The van der Waals surface area contributed by atoms with Crippen LogP contribution in [-0.2, 0) is 20.9 Å². The molecule has 1 N–H and O–H groups in total. The monoisotopic (exact) mass is 417 g/mol. The summed E-state index contributed by atoms with van der Waals surface area (Å²) in [4.78, 5) is 41.2. The number of hydrogen-bond acceptors (Lipinski definition) is 3. The van der Waals surface area contributed by atoms with Crippen LogP contribution in [0.15, 0.2) is 24.3 Å². The Morgan fingerprint density at radius 2 is 1.67 bits per heavy atom. The lowest BCUT2D eigenvalue weighted by Crippen LogP contribution is -2.60. The normalized spacial score (nSPS) is 19.9. The summed E-state index contributed by atoms with van der Waals surface area (Å²) in [6.45, 7) is 2.80. The van der Waals surface area contributed by atoms with Crippen molar-refractivity contribution < 1.29 is 18.8 Å². The molecule has 1 saturated carbocycles. The molecule has 0 unspecified atom stereocenters. The van der Waals surface area contributed by atoms with Crippen molar-refractivity contribution in [1.82, 2.24) is 15.1 Å². The summed E-state index contributed by atoms with van der Waals surface area (Å²) in [7, 11) is 0. The molecule has 0 radical (unpaired) electrons. The standard InChI is InChI=1S/C23H32FN3O3/c1-2-20(21(28)25-19-8-6-4-3-5-7-9-19)27-15-14-26(22(29)23(27)30)16-17-10-12-18(24)13-11-17/h10-13,19-20H,2-9,14-16H2,1H3,(H,25,28)/t20-/m1/s1.